The van der Waals surface area contributed by atoms with E-state index in [1.807, 2.05) is 86.7 Å². The fourth-order valence-corrected chi connectivity index (χ4v) is 4.39. The van der Waals surface area contributed by atoms with E-state index in [9.17, 15) is 4.79 Å². The highest BCUT2D eigenvalue weighted by Crippen LogP contribution is 2.33. The van der Waals surface area contributed by atoms with Gasteiger partial charge in [0.05, 0.1) is 0 Å². The maximum atomic E-state index is 12.8. The molecule has 4 rings (SSSR count). The van der Waals surface area contributed by atoms with Crippen LogP contribution in [0.5, 0.6) is 5.75 Å². The Hall–Kier alpha value is -3.58. The van der Waals surface area contributed by atoms with Gasteiger partial charge in [0.25, 0.3) is 5.91 Å². The van der Waals surface area contributed by atoms with Gasteiger partial charge in [0.1, 0.15) is 6.10 Å². The van der Waals surface area contributed by atoms with Crippen LogP contribution >= 0.6 is 0 Å². The molecular weight excluding hydrogens is 438 g/mol. The molecule has 0 saturated carbocycles. The minimum absolute atomic E-state index is 0.154. The molecule has 1 saturated heterocycles. The molecule has 3 aromatic rings. The van der Waals surface area contributed by atoms with Gasteiger partial charge in [0.15, 0.2) is 11.6 Å². The number of rotatable bonds is 7. The topological polar surface area (TPSA) is 83.7 Å². The van der Waals surface area contributed by atoms with E-state index in [0.29, 0.717) is 28.7 Å². The summed E-state index contributed by atoms with van der Waals surface area (Å²) in [6.45, 7) is 4.14. The van der Waals surface area contributed by atoms with Gasteiger partial charge in [0.2, 0.25) is 0 Å². The van der Waals surface area contributed by atoms with Gasteiger partial charge in [-0.15, -0.1) is 0 Å². The quantitative estimate of drug-likeness (QED) is 0.506. The van der Waals surface area contributed by atoms with Crippen molar-refractivity contribution in [2.75, 3.05) is 50.2 Å². The second-order valence-corrected chi connectivity index (χ2v) is 9.51. The van der Waals surface area contributed by atoms with Crippen molar-refractivity contribution in [2.45, 2.75) is 31.8 Å². The maximum absolute atomic E-state index is 12.8. The average molecular weight is 474 g/mol. The van der Waals surface area contributed by atoms with Crippen LogP contribution in [-0.2, 0) is 0 Å². The summed E-state index contributed by atoms with van der Waals surface area (Å²) in [4.78, 5) is 21.6. The monoisotopic (exact) mass is 473 g/mol. The number of ether oxygens (including phenoxy) is 1. The molecule has 7 nitrogen and oxygen atoms in total. The van der Waals surface area contributed by atoms with Crippen LogP contribution < -0.4 is 20.7 Å². The summed E-state index contributed by atoms with van der Waals surface area (Å²) in [5.74, 6) is 1.31. The molecule has 3 N–H and O–H groups in total. The summed E-state index contributed by atoms with van der Waals surface area (Å²) in [6, 6.07) is 17.3. The molecule has 1 aliphatic rings. The normalized spacial score (nSPS) is 15.4. The Morgan fingerprint density at radius 2 is 1.89 bits per heavy atom. The molecule has 0 spiro atoms. The molecule has 0 aliphatic carbocycles. The standard InChI is InChI=1S/C28H35N5O2/c1-19(35-26-17-23(18-30-27(26)29)20-11-13-33(4)14-12-20)21-7-5-9-24(15-21)31-28(34)22-8-6-10-25(16-22)32(2)3/h5-10,15-20H,11-14H2,1-4H3,(H2,29,30)(H,31,34). The number of piperidine rings is 1. The van der Waals surface area contributed by atoms with Crippen LogP contribution in [0.4, 0.5) is 17.2 Å². The van der Waals surface area contributed by atoms with Crippen molar-refractivity contribution in [3.8, 4) is 5.75 Å². The molecule has 1 amide bonds. The zero-order chi connectivity index (χ0) is 24.9. The maximum Gasteiger partial charge on any atom is 0.255 e. The fraction of sp³-hybridized carbons (Fsp3) is 0.357. The minimum atomic E-state index is -0.263. The lowest BCUT2D eigenvalue weighted by atomic mass is 9.90. The fourth-order valence-electron chi connectivity index (χ4n) is 4.39. The van der Waals surface area contributed by atoms with Crippen LogP contribution in [0.15, 0.2) is 60.8 Å². The van der Waals surface area contributed by atoms with Gasteiger partial charge in [0, 0.05) is 37.2 Å². The highest BCUT2D eigenvalue weighted by Gasteiger charge is 2.21. The SMILES string of the molecule is CC(Oc1cc(C2CCN(C)CC2)cnc1N)c1cccc(NC(=O)c2cccc(N(C)C)c2)c1. The number of carbonyl (C=O) groups excluding carboxylic acids is 1. The largest absolute Gasteiger partial charge is 0.482 e. The molecule has 7 heteroatoms. The second kappa shape index (κ2) is 10.8. The Balaban J connectivity index is 1.45. The highest BCUT2D eigenvalue weighted by molar-refractivity contribution is 6.04. The molecule has 184 valence electrons. The second-order valence-electron chi connectivity index (χ2n) is 9.51. The first-order chi connectivity index (χ1) is 16.8. The number of likely N-dealkylation sites (tertiary alicyclic amines) is 1. The Kier molecular flexibility index (Phi) is 7.56. The number of anilines is 3. The van der Waals surface area contributed by atoms with Crippen LogP contribution in [-0.4, -0.2) is 50.0 Å². The van der Waals surface area contributed by atoms with Crippen LogP contribution in [0.2, 0.25) is 0 Å². The van der Waals surface area contributed by atoms with Crippen molar-refractivity contribution in [2.24, 2.45) is 0 Å². The van der Waals surface area contributed by atoms with Gasteiger partial charge in [-0.3, -0.25) is 4.79 Å². The van der Waals surface area contributed by atoms with Crippen molar-refractivity contribution >= 4 is 23.1 Å². The summed E-state index contributed by atoms with van der Waals surface area (Å²) in [5, 5.41) is 3.00. The number of carbonyl (C=O) groups is 1. The number of nitrogens with one attached hydrogen (secondary N) is 1. The number of aromatic nitrogens is 1. The van der Waals surface area contributed by atoms with Gasteiger partial charge in [-0.05, 0) is 93.3 Å². The zero-order valence-corrected chi connectivity index (χ0v) is 21.0. The third kappa shape index (κ3) is 6.11. The molecule has 1 fully saturated rings. The van der Waals surface area contributed by atoms with E-state index in [1.54, 1.807) is 0 Å². The number of amides is 1. The first kappa shape index (κ1) is 24.5. The molecule has 1 aromatic heterocycles. The number of nitrogens with zero attached hydrogens (tertiary/aromatic N) is 3. The van der Waals surface area contributed by atoms with Gasteiger partial charge in [-0.2, -0.15) is 0 Å². The third-order valence-corrected chi connectivity index (χ3v) is 6.64. The molecular formula is C28H35N5O2. The number of nitrogens with two attached hydrogens (primary N) is 1. The average Bonchev–Trinajstić information content (AvgIpc) is 2.86. The van der Waals surface area contributed by atoms with Gasteiger partial charge in [-0.1, -0.05) is 18.2 Å². The first-order valence-corrected chi connectivity index (χ1v) is 12.1. The smallest absolute Gasteiger partial charge is 0.255 e. The predicted molar refractivity (Wildman–Crippen MR) is 142 cm³/mol. The summed E-state index contributed by atoms with van der Waals surface area (Å²) < 4.78 is 6.25. The first-order valence-electron chi connectivity index (χ1n) is 12.1. The molecule has 1 unspecified atom stereocenters. The lowest BCUT2D eigenvalue weighted by molar-refractivity contribution is 0.102. The van der Waals surface area contributed by atoms with E-state index in [-0.39, 0.29) is 12.0 Å². The van der Waals surface area contributed by atoms with E-state index in [0.717, 1.165) is 37.2 Å². The molecule has 1 atom stereocenters. The predicted octanol–water partition coefficient (Wildman–Crippen LogP) is 4.93. The molecule has 1 aliphatic heterocycles. The highest BCUT2D eigenvalue weighted by atomic mass is 16.5. The van der Waals surface area contributed by atoms with Crippen LogP contribution in [0.25, 0.3) is 0 Å². The minimum Gasteiger partial charge on any atom is -0.482 e. The van der Waals surface area contributed by atoms with E-state index in [1.165, 1.54) is 5.56 Å². The summed E-state index contributed by atoms with van der Waals surface area (Å²) >= 11 is 0. The molecule has 35 heavy (non-hydrogen) atoms. The Bertz CT molecular complexity index is 1170. The van der Waals surface area contributed by atoms with E-state index in [2.05, 4.69) is 22.2 Å². The van der Waals surface area contributed by atoms with Crippen molar-refractivity contribution in [3.63, 3.8) is 0 Å². The zero-order valence-electron chi connectivity index (χ0n) is 21.0. The number of hydrogen-bond donors (Lipinski definition) is 2. The lowest BCUT2D eigenvalue weighted by Crippen LogP contribution is -2.29. The number of pyridine rings is 1. The van der Waals surface area contributed by atoms with E-state index < -0.39 is 0 Å². The lowest BCUT2D eigenvalue weighted by Gasteiger charge is -2.29. The van der Waals surface area contributed by atoms with Crippen LogP contribution in [0.1, 0.15) is 53.3 Å². The van der Waals surface area contributed by atoms with Crippen molar-refractivity contribution < 1.29 is 9.53 Å². The Morgan fingerprint density at radius 3 is 2.63 bits per heavy atom. The van der Waals surface area contributed by atoms with Gasteiger partial charge in [-0.25, -0.2) is 4.98 Å². The molecule has 2 heterocycles. The number of nitrogen functional groups attached to an aromatic ring is 1. The third-order valence-electron chi connectivity index (χ3n) is 6.64. The summed E-state index contributed by atoms with van der Waals surface area (Å²) in [6.07, 6.45) is 3.83. The summed E-state index contributed by atoms with van der Waals surface area (Å²) in [5.41, 5.74) is 10.6. The molecule has 0 radical (unpaired) electrons. The van der Waals surface area contributed by atoms with Gasteiger partial charge >= 0.3 is 0 Å². The van der Waals surface area contributed by atoms with Crippen LogP contribution in [0, 0.1) is 0 Å². The van der Waals surface area contributed by atoms with Crippen LogP contribution in [0.3, 0.4) is 0 Å². The van der Waals surface area contributed by atoms with E-state index >= 15 is 0 Å². The van der Waals surface area contributed by atoms with Crippen molar-refractivity contribution in [1.82, 2.24) is 9.88 Å². The van der Waals surface area contributed by atoms with E-state index in [4.69, 9.17) is 10.5 Å². The number of hydrogen-bond acceptors (Lipinski definition) is 6. The van der Waals surface area contributed by atoms with Crippen molar-refractivity contribution in [1.29, 1.82) is 0 Å². The Labute approximate surface area is 207 Å². The molecule has 2 aromatic carbocycles. The van der Waals surface area contributed by atoms with Gasteiger partial charge < -0.3 is 25.6 Å². The number of benzene rings is 2. The molecule has 0 bridgehead atoms. The Morgan fingerprint density at radius 1 is 1.14 bits per heavy atom. The van der Waals surface area contributed by atoms with Crippen molar-refractivity contribution in [3.05, 3.63) is 77.5 Å². The summed E-state index contributed by atoms with van der Waals surface area (Å²) in [7, 11) is 6.06.